The van der Waals surface area contributed by atoms with Crippen LogP contribution in [0.1, 0.15) is 38.8 Å². The fourth-order valence-corrected chi connectivity index (χ4v) is 1.68. The summed E-state index contributed by atoms with van der Waals surface area (Å²) in [5, 5.41) is 9.01. The molecule has 6 heteroatoms. The Kier molecular flexibility index (Phi) is 5.07. The molecule has 1 atom stereocenters. The Balaban J connectivity index is 2.94. The Morgan fingerprint density at radius 3 is 2.55 bits per heavy atom. The molecule has 0 aliphatic carbocycles. The second kappa shape index (κ2) is 6.36. The van der Waals surface area contributed by atoms with Gasteiger partial charge in [0.1, 0.15) is 5.60 Å². The van der Waals surface area contributed by atoms with Crippen molar-refractivity contribution in [3.63, 3.8) is 0 Å². The highest BCUT2D eigenvalue weighted by Gasteiger charge is 2.28. The molecule has 0 aromatic carbocycles. The number of pyridine rings is 1. The van der Waals surface area contributed by atoms with Gasteiger partial charge in [0, 0.05) is 19.4 Å². The molecular weight excluding hydrogens is 260 g/mol. The molecule has 1 heterocycles. The Morgan fingerprint density at radius 2 is 2.10 bits per heavy atom. The molecule has 0 saturated carbocycles. The summed E-state index contributed by atoms with van der Waals surface area (Å²) in [7, 11) is 1.52. The molecule has 20 heavy (non-hydrogen) atoms. The van der Waals surface area contributed by atoms with Gasteiger partial charge in [0.15, 0.2) is 0 Å². The van der Waals surface area contributed by atoms with E-state index >= 15 is 0 Å². The molecular formula is C14H20N2O4. The first-order chi connectivity index (χ1) is 9.20. The second-order valence-electron chi connectivity index (χ2n) is 5.49. The van der Waals surface area contributed by atoms with E-state index in [0.717, 1.165) is 0 Å². The van der Waals surface area contributed by atoms with Crippen LogP contribution >= 0.6 is 0 Å². The standard InChI is InChI=1S/C14H20N2O4/c1-14(2,3)20-13(19)16(4)11(8-12(17)18)10-6-5-7-15-9-10/h5-7,9,11H,8H2,1-4H3,(H,17,18). The van der Waals surface area contributed by atoms with Crippen molar-refractivity contribution < 1.29 is 19.4 Å². The predicted molar refractivity (Wildman–Crippen MR) is 73.2 cm³/mol. The number of carboxylic acid groups (broad SMARTS) is 1. The Hall–Kier alpha value is -2.11. The van der Waals surface area contributed by atoms with Crippen molar-refractivity contribution in [3.05, 3.63) is 30.1 Å². The Bertz CT molecular complexity index is 468. The molecule has 1 rings (SSSR count). The lowest BCUT2D eigenvalue weighted by Gasteiger charge is -2.30. The number of aromatic nitrogens is 1. The van der Waals surface area contributed by atoms with Crippen LogP contribution in [0.15, 0.2) is 24.5 Å². The first-order valence-corrected chi connectivity index (χ1v) is 6.28. The number of hydrogen-bond acceptors (Lipinski definition) is 4. The molecule has 1 aromatic rings. The average molecular weight is 280 g/mol. The number of amides is 1. The number of hydrogen-bond donors (Lipinski definition) is 1. The quantitative estimate of drug-likeness (QED) is 0.916. The smallest absolute Gasteiger partial charge is 0.410 e. The SMILES string of the molecule is CN(C(=O)OC(C)(C)C)C(CC(=O)O)c1cccnc1. The largest absolute Gasteiger partial charge is 0.481 e. The van der Waals surface area contributed by atoms with Crippen LogP contribution in [-0.4, -0.2) is 39.7 Å². The predicted octanol–water partition coefficient (Wildman–Crippen LogP) is 2.46. The number of carboxylic acids is 1. The van der Waals surface area contributed by atoms with E-state index in [1.165, 1.54) is 11.9 Å². The molecule has 6 nitrogen and oxygen atoms in total. The molecule has 0 bridgehead atoms. The van der Waals surface area contributed by atoms with E-state index in [9.17, 15) is 9.59 Å². The summed E-state index contributed by atoms with van der Waals surface area (Å²) in [5.74, 6) is -0.991. The molecule has 1 unspecified atom stereocenters. The number of aliphatic carboxylic acids is 1. The van der Waals surface area contributed by atoms with Gasteiger partial charge in [0.05, 0.1) is 12.5 Å². The maximum atomic E-state index is 12.0. The first-order valence-electron chi connectivity index (χ1n) is 6.28. The topological polar surface area (TPSA) is 79.7 Å². The van der Waals surface area contributed by atoms with Gasteiger partial charge in [-0.15, -0.1) is 0 Å². The number of carbonyl (C=O) groups excluding carboxylic acids is 1. The van der Waals surface area contributed by atoms with E-state index in [0.29, 0.717) is 5.56 Å². The third kappa shape index (κ3) is 4.87. The van der Waals surface area contributed by atoms with Crippen LogP contribution < -0.4 is 0 Å². The summed E-state index contributed by atoms with van der Waals surface area (Å²) in [6.07, 6.45) is 2.37. The van der Waals surface area contributed by atoms with E-state index in [2.05, 4.69) is 4.98 Å². The molecule has 0 fully saturated rings. The zero-order valence-electron chi connectivity index (χ0n) is 12.2. The van der Waals surface area contributed by atoms with Crippen molar-refractivity contribution in [2.75, 3.05) is 7.05 Å². The van der Waals surface area contributed by atoms with Crippen LogP contribution in [0.3, 0.4) is 0 Å². The van der Waals surface area contributed by atoms with Crippen molar-refractivity contribution in [2.45, 2.75) is 38.8 Å². The van der Waals surface area contributed by atoms with E-state index in [-0.39, 0.29) is 6.42 Å². The van der Waals surface area contributed by atoms with Gasteiger partial charge in [0.2, 0.25) is 0 Å². The summed E-state index contributed by atoms with van der Waals surface area (Å²) in [5.41, 5.74) is 0.0249. The molecule has 1 aromatic heterocycles. The van der Waals surface area contributed by atoms with E-state index < -0.39 is 23.7 Å². The van der Waals surface area contributed by atoms with Crippen LogP contribution in [0.2, 0.25) is 0 Å². The minimum absolute atomic E-state index is 0.207. The summed E-state index contributed by atoms with van der Waals surface area (Å²) < 4.78 is 5.26. The van der Waals surface area contributed by atoms with Crippen LogP contribution in [0.4, 0.5) is 4.79 Å². The second-order valence-corrected chi connectivity index (χ2v) is 5.49. The molecule has 0 radical (unpaired) electrons. The van der Waals surface area contributed by atoms with Gasteiger partial charge in [-0.05, 0) is 32.4 Å². The van der Waals surface area contributed by atoms with Crippen LogP contribution in [-0.2, 0) is 9.53 Å². The average Bonchev–Trinajstić information content (AvgIpc) is 2.34. The first kappa shape index (κ1) is 15.9. The highest BCUT2D eigenvalue weighted by atomic mass is 16.6. The number of nitrogens with zero attached hydrogens (tertiary/aromatic N) is 2. The van der Waals surface area contributed by atoms with Crippen molar-refractivity contribution >= 4 is 12.1 Å². The lowest BCUT2D eigenvalue weighted by molar-refractivity contribution is -0.138. The highest BCUT2D eigenvalue weighted by molar-refractivity contribution is 5.72. The monoisotopic (exact) mass is 280 g/mol. The number of carbonyl (C=O) groups is 2. The van der Waals surface area contributed by atoms with E-state index in [1.807, 2.05) is 0 Å². The summed E-state index contributed by atoms with van der Waals surface area (Å²) in [6, 6.07) is 2.82. The van der Waals surface area contributed by atoms with Crippen molar-refractivity contribution in [3.8, 4) is 0 Å². The van der Waals surface area contributed by atoms with E-state index in [4.69, 9.17) is 9.84 Å². The van der Waals surface area contributed by atoms with Crippen LogP contribution in [0.5, 0.6) is 0 Å². The van der Waals surface area contributed by atoms with Gasteiger partial charge >= 0.3 is 12.1 Å². The summed E-state index contributed by atoms with van der Waals surface area (Å²) in [4.78, 5) is 28.3. The maximum Gasteiger partial charge on any atom is 0.410 e. The lowest BCUT2D eigenvalue weighted by atomic mass is 10.1. The van der Waals surface area contributed by atoms with Gasteiger partial charge < -0.3 is 14.7 Å². The number of rotatable bonds is 4. The normalized spacial score (nSPS) is 12.6. The van der Waals surface area contributed by atoms with Gasteiger partial charge in [0.25, 0.3) is 0 Å². The molecule has 0 spiro atoms. The van der Waals surface area contributed by atoms with Gasteiger partial charge in [-0.25, -0.2) is 4.79 Å². The lowest BCUT2D eigenvalue weighted by Crippen LogP contribution is -2.37. The van der Waals surface area contributed by atoms with Crippen LogP contribution in [0, 0.1) is 0 Å². The van der Waals surface area contributed by atoms with Gasteiger partial charge in [-0.1, -0.05) is 6.07 Å². The zero-order chi connectivity index (χ0) is 15.3. The highest BCUT2D eigenvalue weighted by Crippen LogP contribution is 2.24. The third-order valence-electron chi connectivity index (χ3n) is 2.59. The van der Waals surface area contributed by atoms with E-state index in [1.54, 1.807) is 45.3 Å². The van der Waals surface area contributed by atoms with Gasteiger partial charge in [-0.2, -0.15) is 0 Å². The molecule has 0 saturated heterocycles. The van der Waals surface area contributed by atoms with Crippen molar-refractivity contribution in [1.82, 2.24) is 9.88 Å². The third-order valence-corrected chi connectivity index (χ3v) is 2.59. The fourth-order valence-electron chi connectivity index (χ4n) is 1.68. The van der Waals surface area contributed by atoms with Crippen LogP contribution in [0.25, 0.3) is 0 Å². The van der Waals surface area contributed by atoms with Gasteiger partial charge in [-0.3, -0.25) is 9.78 Å². The van der Waals surface area contributed by atoms with Crippen molar-refractivity contribution in [1.29, 1.82) is 0 Å². The zero-order valence-corrected chi connectivity index (χ0v) is 12.2. The molecule has 0 aliphatic heterocycles. The summed E-state index contributed by atoms with van der Waals surface area (Å²) >= 11 is 0. The number of ether oxygens (including phenoxy) is 1. The minimum Gasteiger partial charge on any atom is -0.481 e. The summed E-state index contributed by atoms with van der Waals surface area (Å²) in [6.45, 7) is 5.28. The fraction of sp³-hybridized carbons (Fsp3) is 0.500. The minimum atomic E-state index is -0.991. The molecule has 0 aliphatic rings. The van der Waals surface area contributed by atoms with Crippen molar-refractivity contribution in [2.24, 2.45) is 0 Å². The molecule has 1 N–H and O–H groups in total. The Labute approximate surface area is 118 Å². The maximum absolute atomic E-state index is 12.0. The molecule has 1 amide bonds. The Morgan fingerprint density at radius 1 is 1.45 bits per heavy atom. The molecule has 110 valence electrons.